The summed E-state index contributed by atoms with van der Waals surface area (Å²) in [5.74, 6) is -0.133. The SMILES string of the molecule is CCc1ccc(Cc2cc([C@@]3(CO)O[C@H](COCc4ccccc4)[C@@H](OCc4ccccc4)[C@@H](OCc4ccccc4)[C@@H]3OCc3ccccc3)c(O)cc2Cl)cc1. The number of aryl methyl sites for hydroxylation is 1. The summed E-state index contributed by atoms with van der Waals surface area (Å²) in [5.41, 5.74) is 5.58. The van der Waals surface area contributed by atoms with E-state index < -0.39 is 36.6 Å². The van der Waals surface area contributed by atoms with Gasteiger partial charge in [-0.3, -0.25) is 0 Å². The molecule has 5 atom stereocenters. The molecule has 2 N–H and O–H groups in total. The summed E-state index contributed by atoms with van der Waals surface area (Å²) in [7, 11) is 0. The van der Waals surface area contributed by atoms with E-state index in [2.05, 4.69) is 31.2 Å². The number of hydrogen-bond acceptors (Lipinski definition) is 7. The third kappa shape index (κ3) is 10.2. The Morgan fingerprint density at radius 1 is 0.586 bits per heavy atom. The van der Waals surface area contributed by atoms with E-state index in [1.165, 1.54) is 11.6 Å². The van der Waals surface area contributed by atoms with Gasteiger partial charge >= 0.3 is 0 Å². The third-order valence-corrected chi connectivity index (χ3v) is 11.1. The Bertz CT molecular complexity index is 2130. The number of aliphatic hydroxyl groups excluding tert-OH is 1. The maximum absolute atomic E-state index is 11.9. The first-order valence-electron chi connectivity index (χ1n) is 19.9. The molecule has 0 unspecified atom stereocenters. The molecule has 0 saturated carbocycles. The molecule has 58 heavy (non-hydrogen) atoms. The predicted octanol–water partition coefficient (Wildman–Crippen LogP) is 9.76. The predicted molar refractivity (Wildman–Crippen MR) is 227 cm³/mol. The van der Waals surface area contributed by atoms with Gasteiger partial charge in [-0.1, -0.05) is 164 Å². The van der Waals surface area contributed by atoms with Crippen LogP contribution in [0.4, 0.5) is 0 Å². The van der Waals surface area contributed by atoms with Crippen LogP contribution in [0.5, 0.6) is 5.75 Å². The molecule has 6 aromatic carbocycles. The lowest BCUT2D eigenvalue weighted by atomic mass is 9.78. The molecule has 0 bridgehead atoms. The van der Waals surface area contributed by atoms with Gasteiger partial charge in [0.2, 0.25) is 0 Å². The van der Waals surface area contributed by atoms with Crippen molar-refractivity contribution in [1.29, 1.82) is 0 Å². The summed E-state index contributed by atoms with van der Waals surface area (Å²) in [5, 5.41) is 24.1. The Kier molecular flexibility index (Phi) is 14.4. The zero-order valence-corrected chi connectivity index (χ0v) is 33.5. The lowest BCUT2D eigenvalue weighted by Gasteiger charge is -2.52. The average Bonchev–Trinajstić information content (AvgIpc) is 3.27. The normalized spacial score (nSPS) is 20.5. The molecule has 0 amide bonds. The van der Waals surface area contributed by atoms with E-state index in [0.29, 0.717) is 23.6 Å². The topological polar surface area (TPSA) is 86.6 Å². The van der Waals surface area contributed by atoms with Gasteiger partial charge in [-0.05, 0) is 63.9 Å². The number of halogens is 1. The van der Waals surface area contributed by atoms with Gasteiger partial charge in [-0.15, -0.1) is 0 Å². The van der Waals surface area contributed by atoms with E-state index in [-0.39, 0.29) is 32.2 Å². The van der Waals surface area contributed by atoms with Crippen LogP contribution in [0.1, 0.15) is 51.4 Å². The van der Waals surface area contributed by atoms with Gasteiger partial charge in [-0.25, -0.2) is 0 Å². The first-order chi connectivity index (χ1) is 28.5. The average molecular weight is 799 g/mol. The van der Waals surface area contributed by atoms with Gasteiger partial charge < -0.3 is 33.9 Å². The smallest absolute Gasteiger partial charge is 0.149 e. The minimum atomic E-state index is -1.65. The van der Waals surface area contributed by atoms with Crippen molar-refractivity contribution < 1.29 is 33.9 Å². The molecule has 1 aliphatic rings. The van der Waals surface area contributed by atoms with Crippen molar-refractivity contribution in [1.82, 2.24) is 0 Å². The minimum absolute atomic E-state index is 0.0949. The molecular formula is C50H51ClO7. The number of hydrogen-bond donors (Lipinski definition) is 2. The number of ether oxygens (including phenoxy) is 5. The fourth-order valence-corrected chi connectivity index (χ4v) is 7.81. The summed E-state index contributed by atoms with van der Waals surface area (Å²) < 4.78 is 34.3. The van der Waals surface area contributed by atoms with Crippen LogP contribution < -0.4 is 0 Å². The van der Waals surface area contributed by atoms with Gasteiger partial charge in [0.05, 0.1) is 39.6 Å². The molecular weight excluding hydrogens is 748 g/mol. The van der Waals surface area contributed by atoms with Crippen LogP contribution in [-0.2, 0) is 68.6 Å². The fraction of sp³-hybridized carbons (Fsp3) is 0.280. The maximum atomic E-state index is 11.9. The molecule has 0 radical (unpaired) electrons. The molecule has 300 valence electrons. The van der Waals surface area contributed by atoms with E-state index in [9.17, 15) is 10.2 Å². The molecule has 0 aromatic heterocycles. The molecule has 0 spiro atoms. The van der Waals surface area contributed by atoms with Gasteiger partial charge in [0, 0.05) is 10.6 Å². The highest BCUT2D eigenvalue weighted by Crippen LogP contribution is 2.47. The van der Waals surface area contributed by atoms with Crippen LogP contribution in [0.2, 0.25) is 5.02 Å². The zero-order chi connectivity index (χ0) is 40.2. The first-order valence-corrected chi connectivity index (χ1v) is 20.3. The summed E-state index contributed by atoms with van der Waals surface area (Å²) in [6.07, 6.45) is -1.89. The largest absolute Gasteiger partial charge is 0.508 e. The number of rotatable bonds is 18. The molecule has 8 heteroatoms. The molecule has 7 nitrogen and oxygen atoms in total. The fourth-order valence-electron chi connectivity index (χ4n) is 7.58. The van der Waals surface area contributed by atoms with Crippen LogP contribution >= 0.6 is 11.6 Å². The number of aromatic hydroxyl groups is 1. The van der Waals surface area contributed by atoms with Crippen LogP contribution in [-0.4, -0.2) is 47.8 Å². The first kappa shape index (κ1) is 41.3. The zero-order valence-electron chi connectivity index (χ0n) is 32.8. The van der Waals surface area contributed by atoms with Crippen LogP contribution in [0.15, 0.2) is 158 Å². The summed E-state index contributed by atoms with van der Waals surface area (Å²) in [6.45, 7) is 2.66. The monoisotopic (exact) mass is 798 g/mol. The lowest BCUT2D eigenvalue weighted by molar-refractivity contribution is -0.320. The van der Waals surface area contributed by atoms with Crippen molar-refractivity contribution in [2.75, 3.05) is 13.2 Å². The third-order valence-electron chi connectivity index (χ3n) is 10.7. The molecule has 1 heterocycles. The van der Waals surface area contributed by atoms with E-state index in [1.54, 1.807) is 0 Å². The standard InChI is InChI=1S/C50H51ClO7/c1-2-36-23-25-37(26-24-36)27-42-28-43(45(53)29-44(42)51)50(35-52)49(57-33-41-21-13-6-14-22-41)48(56-32-40-19-11-5-12-20-40)47(55-31-39-17-9-4-10-18-39)46(58-50)34-54-30-38-15-7-3-8-16-38/h3-26,28-29,46-49,52-53H,2,27,30-35H2,1H3/t46-,47-,48-,49+,50-/m1/s1. The molecule has 6 aromatic rings. The van der Waals surface area contributed by atoms with Crippen LogP contribution in [0, 0.1) is 0 Å². The van der Waals surface area contributed by atoms with Crippen molar-refractivity contribution in [2.45, 2.75) is 76.2 Å². The number of benzene rings is 6. The Morgan fingerprint density at radius 2 is 1.07 bits per heavy atom. The second-order valence-corrected chi connectivity index (χ2v) is 15.2. The van der Waals surface area contributed by atoms with E-state index >= 15 is 0 Å². The van der Waals surface area contributed by atoms with Crippen molar-refractivity contribution >= 4 is 11.6 Å². The number of phenolic OH excluding ortho intramolecular Hbond substituents is 1. The highest BCUT2D eigenvalue weighted by Gasteiger charge is 2.58. The van der Waals surface area contributed by atoms with Gasteiger partial charge in [0.25, 0.3) is 0 Å². The Balaban J connectivity index is 1.33. The quantitative estimate of drug-likeness (QED) is 0.0896. The van der Waals surface area contributed by atoms with Gasteiger partial charge in [-0.2, -0.15) is 0 Å². The summed E-state index contributed by atoms with van der Waals surface area (Å²) in [4.78, 5) is 0. The summed E-state index contributed by atoms with van der Waals surface area (Å²) >= 11 is 6.88. The van der Waals surface area contributed by atoms with Gasteiger partial charge in [0.1, 0.15) is 35.8 Å². The Labute approximate surface area is 346 Å². The number of phenols is 1. The second-order valence-electron chi connectivity index (χ2n) is 14.8. The molecule has 1 fully saturated rings. The molecule has 1 aliphatic heterocycles. The Hall–Kier alpha value is -4.83. The van der Waals surface area contributed by atoms with E-state index in [0.717, 1.165) is 39.8 Å². The lowest BCUT2D eigenvalue weighted by Crippen LogP contribution is -2.66. The summed E-state index contributed by atoms with van der Waals surface area (Å²) in [6, 6.07) is 51.4. The van der Waals surface area contributed by atoms with E-state index in [1.807, 2.05) is 127 Å². The van der Waals surface area contributed by atoms with E-state index in [4.69, 9.17) is 35.3 Å². The van der Waals surface area contributed by atoms with Crippen molar-refractivity contribution in [3.8, 4) is 5.75 Å². The van der Waals surface area contributed by atoms with Crippen LogP contribution in [0.3, 0.4) is 0 Å². The van der Waals surface area contributed by atoms with Crippen LogP contribution in [0.25, 0.3) is 0 Å². The van der Waals surface area contributed by atoms with Crippen molar-refractivity contribution in [3.05, 3.63) is 207 Å². The minimum Gasteiger partial charge on any atom is -0.508 e. The highest BCUT2D eigenvalue weighted by molar-refractivity contribution is 6.31. The highest BCUT2D eigenvalue weighted by atomic mass is 35.5. The molecule has 1 saturated heterocycles. The number of aliphatic hydroxyl groups is 1. The van der Waals surface area contributed by atoms with Crippen molar-refractivity contribution in [3.63, 3.8) is 0 Å². The van der Waals surface area contributed by atoms with Crippen molar-refractivity contribution in [2.24, 2.45) is 0 Å². The second kappa shape index (κ2) is 20.2. The van der Waals surface area contributed by atoms with Gasteiger partial charge in [0.15, 0.2) is 0 Å². The Morgan fingerprint density at radius 3 is 1.59 bits per heavy atom. The molecule has 7 rings (SSSR count). The maximum Gasteiger partial charge on any atom is 0.149 e. The molecule has 0 aliphatic carbocycles.